The van der Waals surface area contributed by atoms with Crippen molar-refractivity contribution in [2.24, 2.45) is 0 Å². The first-order valence-electron chi connectivity index (χ1n) is 5.76. The number of aryl methyl sites for hydroxylation is 1. The molecule has 94 valence electrons. The zero-order valence-corrected chi connectivity index (χ0v) is 10.4. The van der Waals surface area contributed by atoms with Crippen LogP contribution in [0.1, 0.15) is 22.7 Å². The van der Waals surface area contributed by atoms with E-state index in [2.05, 4.69) is 10.3 Å². The average molecular weight is 245 g/mol. The van der Waals surface area contributed by atoms with Crippen LogP contribution in [0, 0.1) is 12.7 Å². The van der Waals surface area contributed by atoms with Crippen LogP contribution in [0.15, 0.2) is 36.7 Å². The van der Waals surface area contributed by atoms with E-state index < -0.39 is 0 Å². The van der Waals surface area contributed by atoms with Gasteiger partial charge < -0.3 is 11.1 Å². The van der Waals surface area contributed by atoms with Crippen LogP contribution < -0.4 is 11.1 Å². The van der Waals surface area contributed by atoms with E-state index in [4.69, 9.17) is 5.73 Å². The second kappa shape index (κ2) is 5.14. The largest absolute Gasteiger partial charge is 0.398 e. The minimum absolute atomic E-state index is 0.247. The Morgan fingerprint density at radius 2 is 2.06 bits per heavy atom. The second-order valence-corrected chi connectivity index (χ2v) is 4.25. The van der Waals surface area contributed by atoms with Crippen LogP contribution in [0.2, 0.25) is 0 Å². The molecule has 0 saturated heterocycles. The Morgan fingerprint density at radius 3 is 2.72 bits per heavy atom. The van der Waals surface area contributed by atoms with Crippen molar-refractivity contribution >= 4 is 5.69 Å². The predicted octanol–water partition coefficient (Wildman–Crippen LogP) is 2.42. The Balaban J connectivity index is 2.52. The standard InChI is InChI=1S/C14H16FN3/c1-9-3-4-12(15)10(7-9)14(17-2)11-8-18-6-5-13(11)16/h3-8,14,17H,1-2H3,(H2,16,18). The van der Waals surface area contributed by atoms with Crippen molar-refractivity contribution in [2.45, 2.75) is 13.0 Å². The molecule has 2 aromatic rings. The average Bonchev–Trinajstić information content (AvgIpc) is 2.36. The molecule has 0 aliphatic heterocycles. The maximum atomic E-state index is 13.9. The molecule has 1 unspecified atom stereocenters. The molecule has 1 heterocycles. The summed E-state index contributed by atoms with van der Waals surface area (Å²) in [7, 11) is 1.78. The Bertz CT molecular complexity index is 554. The highest BCUT2D eigenvalue weighted by Gasteiger charge is 2.18. The molecule has 0 saturated carbocycles. The molecule has 0 radical (unpaired) electrons. The van der Waals surface area contributed by atoms with Crippen LogP contribution in [-0.4, -0.2) is 12.0 Å². The van der Waals surface area contributed by atoms with E-state index in [9.17, 15) is 4.39 Å². The minimum Gasteiger partial charge on any atom is -0.398 e. The lowest BCUT2D eigenvalue weighted by Gasteiger charge is -2.19. The molecule has 0 aliphatic rings. The monoisotopic (exact) mass is 245 g/mol. The predicted molar refractivity (Wildman–Crippen MR) is 70.7 cm³/mol. The number of nitrogens with two attached hydrogens (primary N) is 1. The van der Waals surface area contributed by atoms with Crippen LogP contribution in [0.25, 0.3) is 0 Å². The maximum Gasteiger partial charge on any atom is 0.128 e. The van der Waals surface area contributed by atoms with Gasteiger partial charge in [0, 0.05) is 29.2 Å². The molecular formula is C14H16FN3. The van der Waals surface area contributed by atoms with E-state index in [-0.39, 0.29) is 11.9 Å². The summed E-state index contributed by atoms with van der Waals surface area (Å²) in [6, 6.07) is 6.47. The molecule has 0 spiro atoms. The van der Waals surface area contributed by atoms with E-state index >= 15 is 0 Å². The van der Waals surface area contributed by atoms with Crippen molar-refractivity contribution in [1.82, 2.24) is 10.3 Å². The van der Waals surface area contributed by atoms with Gasteiger partial charge in [-0.2, -0.15) is 0 Å². The second-order valence-electron chi connectivity index (χ2n) is 4.25. The van der Waals surface area contributed by atoms with Gasteiger partial charge >= 0.3 is 0 Å². The third-order valence-electron chi connectivity index (χ3n) is 2.95. The summed E-state index contributed by atoms with van der Waals surface area (Å²) in [6.45, 7) is 1.93. The van der Waals surface area contributed by atoms with E-state index in [1.54, 1.807) is 31.6 Å². The molecule has 0 amide bonds. The van der Waals surface area contributed by atoms with Crippen molar-refractivity contribution in [2.75, 3.05) is 12.8 Å². The lowest BCUT2D eigenvalue weighted by atomic mass is 9.97. The molecule has 3 N–H and O–H groups in total. The first kappa shape index (κ1) is 12.5. The van der Waals surface area contributed by atoms with Gasteiger partial charge in [-0.1, -0.05) is 17.7 Å². The summed E-state index contributed by atoms with van der Waals surface area (Å²) in [5.74, 6) is -0.247. The summed E-state index contributed by atoms with van der Waals surface area (Å²) in [4.78, 5) is 4.05. The molecule has 2 rings (SSSR count). The lowest BCUT2D eigenvalue weighted by Crippen LogP contribution is -2.20. The van der Waals surface area contributed by atoms with E-state index in [0.717, 1.165) is 11.1 Å². The number of nitrogen functional groups attached to an aromatic ring is 1. The number of nitrogens with zero attached hydrogens (tertiary/aromatic N) is 1. The SMILES string of the molecule is CNC(c1cnccc1N)c1cc(C)ccc1F. The third kappa shape index (κ3) is 2.33. The number of hydrogen-bond acceptors (Lipinski definition) is 3. The molecule has 1 atom stereocenters. The van der Waals surface area contributed by atoms with Crippen LogP contribution in [0.5, 0.6) is 0 Å². The van der Waals surface area contributed by atoms with Gasteiger partial charge in [0.15, 0.2) is 0 Å². The van der Waals surface area contributed by atoms with Gasteiger partial charge in [-0.25, -0.2) is 4.39 Å². The van der Waals surface area contributed by atoms with Crippen molar-refractivity contribution in [1.29, 1.82) is 0 Å². The molecule has 0 aliphatic carbocycles. The number of hydrogen-bond donors (Lipinski definition) is 2. The first-order chi connectivity index (χ1) is 8.63. The fourth-order valence-corrected chi connectivity index (χ4v) is 2.02. The molecule has 4 heteroatoms. The van der Waals surface area contributed by atoms with E-state index in [1.807, 2.05) is 13.0 Å². The summed E-state index contributed by atoms with van der Waals surface area (Å²) < 4.78 is 13.9. The topological polar surface area (TPSA) is 50.9 Å². The van der Waals surface area contributed by atoms with Crippen LogP contribution >= 0.6 is 0 Å². The molecule has 18 heavy (non-hydrogen) atoms. The molecular weight excluding hydrogens is 229 g/mol. The van der Waals surface area contributed by atoms with Gasteiger partial charge in [-0.3, -0.25) is 4.98 Å². The third-order valence-corrected chi connectivity index (χ3v) is 2.95. The van der Waals surface area contributed by atoms with Crippen molar-refractivity contribution in [3.05, 3.63) is 59.2 Å². The van der Waals surface area contributed by atoms with Crippen LogP contribution in [-0.2, 0) is 0 Å². The molecule has 1 aromatic carbocycles. The zero-order valence-electron chi connectivity index (χ0n) is 10.4. The highest BCUT2D eigenvalue weighted by molar-refractivity contribution is 5.50. The number of rotatable bonds is 3. The summed E-state index contributed by atoms with van der Waals surface area (Å²) in [5.41, 5.74) is 8.89. The fourth-order valence-electron chi connectivity index (χ4n) is 2.02. The van der Waals surface area contributed by atoms with E-state index in [0.29, 0.717) is 11.3 Å². The summed E-state index contributed by atoms with van der Waals surface area (Å²) in [6.07, 6.45) is 3.29. The lowest BCUT2D eigenvalue weighted by molar-refractivity contribution is 0.575. The first-order valence-corrected chi connectivity index (χ1v) is 5.76. The Morgan fingerprint density at radius 1 is 1.28 bits per heavy atom. The van der Waals surface area contributed by atoms with Gasteiger partial charge in [0.25, 0.3) is 0 Å². The van der Waals surface area contributed by atoms with Crippen LogP contribution in [0.4, 0.5) is 10.1 Å². The Labute approximate surface area is 106 Å². The van der Waals surface area contributed by atoms with Gasteiger partial charge in [-0.05, 0) is 26.1 Å². The number of nitrogens with one attached hydrogen (secondary N) is 1. The highest BCUT2D eigenvalue weighted by Crippen LogP contribution is 2.28. The number of anilines is 1. The van der Waals surface area contributed by atoms with Crippen molar-refractivity contribution in [3.63, 3.8) is 0 Å². The summed E-state index contributed by atoms with van der Waals surface area (Å²) >= 11 is 0. The number of pyridine rings is 1. The zero-order chi connectivity index (χ0) is 13.1. The molecule has 0 bridgehead atoms. The normalized spacial score (nSPS) is 12.4. The summed E-state index contributed by atoms with van der Waals surface area (Å²) in [5, 5.41) is 3.08. The van der Waals surface area contributed by atoms with Crippen molar-refractivity contribution in [3.8, 4) is 0 Å². The van der Waals surface area contributed by atoms with Gasteiger partial charge in [0.1, 0.15) is 5.82 Å². The molecule has 3 nitrogen and oxygen atoms in total. The quantitative estimate of drug-likeness (QED) is 0.873. The fraction of sp³-hybridized carbons (Fsp3) is 0.214. The number of benzene rings is 1. The van der Waals surface area contributed by atoms with Gasteiger partial charge in [0.2, 0.25) is 0 Å². The molecule has 0 fully saturated rings. The van der Waals surface area contributed by atoms with E-state index in [1.165, 1.54) is 6.07 Å². The smallest absolute Gasteiger partial charge is 0.128 e. The number of aromatic nitrogens is 1. The Hall–Kier alpha value is -1.94. The van der Waals surface area contributed by atoms with Gasteiger partial charge in [-0.15, -0.1) is 0 Å². The van der Waals surface area contributed by atoms with Gasteiger partial charge in [0.05, 0.1) is 6.04 Å². The molecule has 1 aromatic heterocycles. The Kier molecular flexibility index (Phi) is 3.58. The maximum absolute atomic E-state index is 13.9. The highest BCUT2D eigenvalue weighted by atomic mass is 19.1. The number of halogens is 1. The van der Waals surface area contributed by atoms with Crippen molar-refractivity contribution < 1.29 is 4.39 Å². The minimum atomic E-state index is -0.293. The van der Waals surface area contributed by atoms with Crippen LogP contribution in [0.3, 0.4) is 0 Å².